The second kappa shape index (κ2) is 9.72. The Morgan fingerprint density at radius 2 is 2.15 bits per heavy atom. The number of thiophene rings is 1. The van der Waals surface area contributed by atoms with E-state index in [0.717, 1.165) is 44.7 Å². The van der Waals surface area contributed by atoms with Gasteiger partial charge in [0.15, 0.2) is 0 Å². The number of nitrogens with one attached hydrogen (secondary N) is 2. The lowest BCUT2D eigenvalue weighted by molar-refractivity contribution is 0.356. The van der Waals surface area contributed by atoms with Gasteiger partial charge in [-0.05, 0) is 36.8 Å². The molecule has 5 heteroatoms. The molecule has 0 radical (unpaired) electrons. The van der Waals surface area contributed by atoms with Gasteiger partial charge in [-0.3, -0.25) is 5.41 Å². The van der Waals surface area contributed by atoms with Crippen LogP contribution in [0.1, 0.15) is 37.1 Å². The monoisotopic (exact) mass is 382 g/mol. The van der Waals surface area contributed by atoms with Gasteiger partial charge in [-0.1, -0.05) is 31.6 Å². The summed E-state index contributed by atoms with van der Waals surface area (Å²) in [5.41, 5.74) is 1.04. The quantitative estimate of drug-likeness (QED) is 0.596. The first-order valence-corrected chi connectivity index (χ1v) is 10.7. The van der Waals surface area contributed by atoms with E-state index >= 15 is 0 Å². The lowest BCUT2D eigenvalue weighted by Crippen LogP contribution is -2.46. The van der Waals surface area contributed by atoms with E-state index in [1.165, 1.54) is 21.9 Å². The minimum Gasteiger partial charge on any atom is -0.354 e. The van der Waals surface area contributed by atoms with Crippen molar-refractivity contribution in [1.29, 1.82) is 5.41 Å². The largest absolute Gasteiger partial charge is 0.354 e. The molecule has 0 bridgehead atoms. The van der Waals surface area contributed by atoms with E-state index in [2.05, 4.69) is 76.6 Å². The van der Waals surface area contributed by atoms with E-state index in [1.807, 2.05) is 0 Å². The first-order valence-electron chi connectivity index (χ1n) is 9.83. The molecule has 1 fully saturated rings. The summed E-state index contributed by atoms with van der Waals surface area (Å²) in [5.74, 6) is 0.656. The first-order chi connectivity index (χ1) is 13.2. The van der Waals surface area contributed by atoms with Crippen molar-refractivity contribution in [2.75, 3.05) is 26.2 Å². The molecule has 2 N–H and O–H groups in total. The molecule has 144 valence electrons. The molecular weight excluding hydrogens is 352 g/mol. The van der Waals surface area contributed by atoms with Gasteiger partial charge in [-0.2, -0.15) is 0 Å². The zero-order valence-corrected chi connectivity index (χ0v) is 17.2. The van der Waals surface area contributed by atoms with Crippen LogP contribution in [-0.2, 0) is 6.54 Å². The van der Waals surface area contributed by atoms with Crippen LogP contribution in [0, 0.1) is 5.41 Å². The molecule has 3 rings (SSSR count). The van der Waals surface area contributed by atoms with Gasteiger partial charge < -0.3 is 14.8 Å². The van der Waals surface area contributed by atoms with Gasteiger partial charge in [-0.25, -0.2) is 0 Å². The Hall–Kier alpha value is -2.11. The molecule has 2 aromatic rings. The number of aromatic nitrogens is 1. The highest BCUT2D eigenvalue weighted by molar-refractivity contribution is 7.10. The molecule has 3 heterocycles. The van der Waals surface area contributed by atoms with Crippen molar-refractivity contribution in [2.45, 2.75) is 33.2 Å². The van der Waals surface area contributed by atoms with Gasteiger partial charge in [0.25, 0.3) is 0 Å². The van der Waals surface area contributed by atoms with Gasteiger partial charge in [0, 0.05) is 53.5 Å². The second-order valence-electron chi connectivity index (χ2n) is 6.84. The summed E-state index contributed by atoms with van der Waals surface area (Å²) in [6.45, 7) is 8.89. The Morgan fingerprint density at radius 1 is 1.33 bits per heavy atom. The van der Waals surface area contributed by atoms with E-state index in [1.54, 1.807) is 11.3 Å². The van der Waals surface area contributed by atoms with Gasteiger partial charge in [0.2, 0.25) is 0 Å². The van der Waals surface area contributed by atoms with Crippen LogP contribution in [-0.4, -0.2) is 41.5 Å². The zero-order valence-electron chi connectivity index (χ0n) is 16.4. The fourth-order valence-electron chi connectivity index (χ4n) is 3.32. The molecule has 0 atom stereocenters. The molecule has 4 nitrogen and oxygen atoms in total. The zero-order chi connectivity index (χ0) is 19.1. The van der Waals surface area contributed by atoms with Crippen molar-refractivity contribution < 1.29 is 0 Å². The van der Waals surface area contributed by atoms with E-state index in [9.17, 15) is 0 Å². The predicted molar refractivity (Wildman–Crippen MR) is 117 cm³/mol. The third kappa shape index (κ3) is 4.99. The van der Waals surface area contributed by atoms with Crippen molar-refractivity contribution in [3.63, 3.8) is 0 Å². The van der Waals surface area contributed by atoms with Gasteiger partial charge in [-0.15, -0.1) is 11.3 Å². The number of rotatable bonds is 6. The maximum Gasteiger partial charge on any atom is 0.129 e. The summed E-state index contributed by atoms with van der Waals surface area (Å²) in [6, 6.07) is 4.36. The molecule has 0 spiro atoms. The van der Waals surface area contributed by atoms with E-state index in [0.29, 0.717) is 5.84 Å². The fourth-order valence-corrected chi connectivity index (χ4v) is 4.19. The normalized spacial score (nSPS) is 16.6. The summed E-state index contributed by atoms with van der Waals surface area (Å²) in [4.78, 5) is 3.45. The smallest absolute Gasteiger partial charge is 0.129 e. The van der Waals surface area contributed by atoms with Crippen molar-refractivity contribution >= 4 is 29.3 Å². The maximum absolute atomic E-state index is 8.50. The molecule has 1 aliphatic heterocycles. The summed E-state index contributed by atoms with van der Waals surface area (Å²) in [5, 5.41) is 16.5. The highest BCUT2D eigenvalue weighted by Crippen LogP contribution is 2.17. The number of piperazine rings is 1. The van der Waals surface area contributed by atoms with E-state index in [4.69, 9.17) is 5.41 Å². The van der Waals surface area contributed by atoms with Gasteiger partial charge >= 0.3 is 0 Å². The van der Waals surface area contributed by atoms with Crippen LogP contribution in [0.5, 0.6) is 0 Å². The van der Waals surface area contributed by atoms with Crippen LogP contribution in [0.15, 0.2) is 35.9 Å². The Balaban J connectivity index is 1.77. The Morgan fingerprint density at radius 3 is 2.89 bits per heavy atom. The minimum absolute atomic E-state index is 0.656. The summed E-state index contributed by atoms with van der Waals surface area (Å²) >= 11 is 1.75. The van der Waals surface area contributed by atoms with Crippen LogP contribution < -0.4 is 15.9 Å². The fraction of sp³-hybridized carbons (Fsp3) is 0.409. The molecule has 0 unspecified atom stereocenters. The molecule has 2 aromatic heterocycles. The molecule has 0 aliphatic carbocycles. The second-order valence-corrected chi connectivity index (χ2v) is 7.84. The third-order valence-corrected chi connectivity index (χ3v) is 5.80. The van der Waals surface area contributed by atoms with Crippen molar-refractivity contribution in [3.05, 3.63) is 56.9 Å². The standard InChI is InChI=1S/C22H30N4S/c1-3-5-6-7-8-21-18(4-2)9-12-26(21)16-20-15-19(17-27-20)22(23)25-13-10-24-11-14-25/h4,6-9,12,15,17,23-24H,3,5,10-11,13-14,16H2,1-2H3/b7-6-,18-4-,21-8+,23-22?. The summed E-state index contributed by atoms with van der Waals surface area (Å²) in [7, 11) is 0. The van der Waals surface area contributed by atoms with Gasteiger partial charge in [0.05, 0.1) is 6.54 Å². The number of amidine groups is 1. The van der Waals surface area contributed by atoms with Crippen LogP contribution in [0.2, 0.25) is 0 Å². The average Bonchev–Trinajstić information content (AvgIpc) is 3.33. The van der Waals surface area contributed by atoms with Crippen molar-refractivity contribution in [1.82, 2.24) is 14.8 Å². The highest BCUT2D eigenvalue weighted by Gasteiger charge is 2.16. The first kappa shape index (κ1) is 19.6. The number of nitrogens with zero attached hydrogens (tertiary/aromatic N) is 2. The Bertz CT molecular complexity index is 897. The maximum atomic E-state index is 8.50. The van der Waals surface area contributed by atoms with Crippen LogP contribution in [0.3, 0.4) is 0 Å². The summed E-state index contributed by atoms with van der Waals surface area (Å²) in [6.07, 6.45) is 13.2. The number of unbranched alkanes of at least 4 members (excludes halogenated alkanes) is 1. The lowest BCUT2D eigenvalue weighted by Gasteiger charge is -2.29. The average molecular weight is 383 g/mol. The van der Waals surface area contributed by atoms with Crippen molar-refractivity contribution in [3.8, 4) is 0 Å². The SMILES string of the molecule is C/C=c1/ccn(Cc2cc(C(=N)N3CCNCC3)cs2)/c1=C/C=C\CCC. The van der Waals surface area contributed by atoms with E-state index < -0.39 is 0 Å². The van der Waals surface area contributed by atoms with Crippen LogP contribution >= 0.6 is 11.3 Å². The number of hydrogen-bond acceptors (Lipinski definition) is 3. The van der Waals surface area contributed by atoms with Crippen LogP contribution in [0.4, 0.5) is 0 Å². The molecule has 27 heavy (non-hydrogen) atoms. The minimum atomic E-state index is 0.656. The Labute approximate surface area is 166 Å². The molecule has 0 amide bonds. The topological polar surface area (TPSA) is 44.1 Å². The molecular formula is C22H30N4S. The van der Waals surface area contributed by atoms with Gasteiger partial charge in [0.1, 0.15) is 5.84 Å². The van der Waals surface area contributed by atoms with E-state index in [-0.39, 0.29) is 0 Å². The van der Waals surface area contributed by atoms with Crippen molar-refractivity contribution in [2.24, 2.45) is 0 Å². The third-order valence-electron chi connectivity index (χ3n) is 4.88. The lowest BCUT2D eigenvalue weighted by atomic mass is 10.2. The van der Waals surface area contributed by atoms with Crippen LogP contribution in [0.25, 0.3) is 12.2 Å². The molecule has 1 aliphatic rings. The molecule has 0 aromatic carbocycles. The molecule has 0 saturated carbocycles. The Kier molecular flexibility index (Phi) is 7.07. The highest BCUT2D eigenvalue weighted by atomic mass is 32.1. The predicted octanol–water partition coefficient (Wildman–Crippen LogP) is 2.77. The molecule has 1 saturated heterocycles. The summed E-state index contributed by atoms with van der Waals surface area (Å²) < 4.78 is 2.30. The number of allylic oxidation sites excluding steroid dienone is 2. The number of hydrogen-bond donors (Lipinski definition) is 2.